The van der Waals surface area contributed by atoms with Crippen LogP contribution in [-0.2, 0) is 16.0 Å². The molecule has 7 nitrogen and oxygen atoms in total. The van der Waals surface area contributed by atoms with Gasteiger partial charge in [0.05, 0.1) is 18.6 Å². The molecule has 2 aliphatic heterocycles. The summed E-state index contributed by atoms with van der Waals surface area (Å²) in [7, 11) is 1.30. The van der Waals surface area contributed by atoms with Crippen molar-refractivity contribution in [3.63, 3.8) is 0 Å². The number of hydrogen-bond acceptors (Lipinski definition) is 4. The van der Waals surface area contributed by atoms with E-state index in [0.29, 0.717) is 50.0 Å². The number of nitrogens with zero attached hydrogens (tertiary/aromatic N) is 2. The molecule has 2 heterocycles. The molecule has 10 heteroatoms. The molecule has 0 radical (unpaired) electrons. The number of benzene rings is 1. The molecule has 164 valence electrons. The molecule has 0 bridgehead atoms. The fraction of sp³-hybridized carbons (Fsp3) is 0.550. The summed E-state index contributed by atoms with van der Waals surface area (Å²) in [5.74, 6) is -1.85. The number of amides is 3. The number of carbonyl (C=O) groups is 3. The van der Waals surface area contributed by atoms with E-state index in [9.17, 15) is 27.6 Å². The van der Waals surface area contributed by atoms with Crippen LogP contribution in [0, 0.1) is 5.92 Å². The first kappa shape index (κ1) is 21.9. The van der Waals surface area contributed by atoms with Crippen molar-refractivity contribution in [3.8, 4) is 0 Å². The fourth-order valence-corrected chi connectivity index (χ4v) is 3.99. The predicted octanol–water partition coefficient (Wildman–Crippen LogP) is 2.74. The fourth-order valence-electron chi connectivity index (χ4n) is 3.99. The van der Waals surface area contributed by atoms with E-state index in [4.69, 9.17) is 4.74 Å². The van der Waals surface area contributed by atoms with Crippen LogP contribution in [0.25, 0.3) is 0 Å². The van der Waals surface area contributed by atoms with Gasteiger partial charge in [-0.05, 0) is 43.4 Å². The quantitative estimate of drug-likeness (QED) is 0.753. The third kappa shape index (κ3) is 4.85. The molecule has 1 atom stereocenters. The number of ether oxygens (including phenoxy) is 1. The van der Waals surface area contributed by atoms with Crippen molar-refractivity contribution in [2.75, 3.05) is 38.2 Å². The lowest BCUT2D eigenvalue weighted by Gasteiger charge is -2.38. The van der Waals surface area contributed by atoms with Gasteiger partial charge < -0.3 is 15.0 Å². The van der Waals surface area contributed by atoms with Gasteiger partial charge in [0.15, 0.2) is 0 Å². The number of methoxy groups -OCH3 is 1. The molecule has 3 rings (SSSR count). The summed E-state index contributed by atoms with van der Waals surface area (Å²) in [6.45, 7) is -0.445. The lowest BCUT2D eigenvalue weighted by molar-refractivity contribution is -0.141. The van der Waals surface area contributed by atoms with Gasteiger partial charge in [-0.15, -0.1) is 0 Å². The highest BCUT2D eigenvalue weighted by Gasteiger charge is 2.35. The number of rotatable bonds is 3. The molecule has 0 spiro atoms. The highest BCUT2D eigenvalue weighted by atomic mass is 19.4. The van der Waals surface area contributed by atoms with Crippen molar-refractivity contribution >= 4 is 23.6 Å². The first-order chi connectivity index (χ1) is 14.2. The van der Waals surface area contributed by atoms with Crippen molar-refractivity contribution < 1.29 is 32.3 Å². The van der Waals surface area contributed by atoms with Gasteiger partial charge in [0, 0.05) is 25.3 Å². The average molecular weight is 427 g/mol. The van der Waals surface area contributed by atoms with E-state index in [1.54, 1.807) is 23.1 Å². The van der Waals surface area contributed by atoms with Crippen LogP contribution in [-0.4, -0.2) is 62.3 Å². The van der Waals surface area contributed by atoms with Gasteiger partial charge >= 0.3 is 18.2 Å². The maximum Gasteiger partial charge on any atom is 0.405 e. The molecule has 3 amide bonds. The topological polar surface area (TPSA) is 79.0 Å². The summed E-state index contributed by atoms with van der Waals surface area (Å²) in [6, 6.07) is 4.78. The van der Waals surface area contributed by atoms with E-state index in [1.807, 2.05) is 5.32 Å². The molecular weight excluding hydrogens is 403 g/mol. The van der Waals surface area contributed by atoms with Crippen molar-refractivity contribution in [2.45, 2.75) is 31.9 Å². The molecule has 1 aromatic rings. The molecule has 1 N–H and O–H groups in total. The Morgan fingerprint density at radius 3 is 2.67 bits per heavy atom. The Morgan fingerprint density at radius 2 is 1.97 bits per heavy atom. The molecule has 0 aliphatic carbocycles. The summed E-state index contributed by atoms with van der Waals surface area (Å²) in [5.41, 5.74) is 1.77. The molecule has 30 heavy (non-hydrogen) atoms. The first-order valence-corrected chi connectivity index (χ1v) is 9.82. The molecule has 1 fully saturated rings. The highest BCUT2D eigenvalue weighted by Crippen LogP contribution is 2.32. The number of urea groups is 1. The van der Waals surface area contributed by atoms with Gasteiger partial charge in [0.2, 0.25) is 5.91 Å². The summed E-state index contributed by atoms with van der Waals surface area (Å²) < 4.78 is 41.9. The van der Waals surface area contributed by atoms with Gasteiger partial charge in [-0.25, -0.2) is 9.59 Å². The largest absolute Gasteiger partial charge is 0.465 e. The van der Waals surface area contributed by atoms with E-state index >= 15 is 0 Å². The van der Waals surface area contributed by atoms with Crippen LogP contribution in [0.1, 0.15) is 35.2 Å². The lowest BCUT2D eigenvalue weighted by Crippen LogP contribution is -2.52. The van der Waals surface area contributed by atoms with Crippen LogP contribution in [0.3, 0.4) is 0 Å². The van der Waals surface area contributed by atoms with Crippen LogP contribution in [0.2, 0.25) is 0 Å². The second-order valence-corrected chi connectivity index (χ2v) is 7.45. The smallest absolute Gasteiger partial charge is 0.405 e. The number of halogens is 3. The molecule has 2 aliphatic rings. The Hall–Kier alpha value is -2.78. The normalized spacial score (nSPS) is 19.1. The Bertz CT molecular complexity index is 828. The van der Waals surface area contributed by atoms with Crippen molar-refractivity contribution in [1.82, 2.24) is 10.2 Å². The van der Waals surface area contributed by atoms with Crippen LogP contribution in [0.5, 0.6) is 0 Å². The lowest BCUT2D eigenvalue weighted by atomic mass is 9.95. The molecule has 1 saturated heterocycles. The second kappa shape index (κ2) is 8.93. The summed E-state index contributed by atoms with van der Waals surface area (Å²) in [6.07, 6.45) is -2.23. The molecule has 0 aromatic heterocycles. The zero-order valence-corrected chi connectivity index (χ0v) is 16.6. The highest BCUT2D eigenvalue weighted by molar-refractivity contribution is 5.98. The first-order valence-electron chi connectivity index (χ1n) is 9.82. The van der Waals surface area contributed by atoms with Gasteiger partial charge in [0.25, 0.3) is 0 Å². The molecule has 0 saturated carbocycles. The minimum absolute atomic E-state index is 0.0606. The number of likely N-dealkylation sites (tertiary alicyclic amines) is 1. The zero-order chi connectivity index (χ0) is 21.9. The van der Waals surface area contributed by atoms with Gasteiger partial charge in [-0.3, -0.25) is 9.69 Å². The third-order valence-electron chi connectivity index (χ3n) is 5.41. The minimum atomic E-state index is -4.48. The number of esters is 1. The number of carbonyl (C=O) groups excluding carboxylic acids is 3. The zero-order valence-electron chi connectivity index (χ0n) is 16.6. The number of hydrogen-bond donors (Lipinski definition) is 1. The van der Waals surface area contributed by atoms with E-state index in [-0.39, 0.29) is 12.6 Å². The van der Waals surface area contributed by atoms with E-state index < -0.39 is 30.5 Å². The Labute approximate surface area is 172 Å². The SMILES string of the molecule is COC(=O)c1cccc2c1CCCN2C(=O)N1CCC[C@@H](C(=O)NCC(F)(F)F)C1. The van der Waals surface area contributed by atoms with Crippen LogP contribution >= 0.6 is 0 Å². The van der Waals surface area contributed by atoms with Gasteiger partial charge in [-0.2, -0.15) is 13.2 Å². The van der Waals surface area contributed by atoms with Crippen LogP contribution in [0.4, 0.5) is 23.7 Å². The summed E-state index contributed by atoms with van der Waals surface area (Å²) in [4.78, 5) is 40.4. The standard InChI is InChI=1S/C20H24F3N3O4/c1-30-18(28)15-6-2-8-16-14(15)7-4-10-26(16)19(29)25-9-3-5-13(11-25)17(27)24-12-20(21,22)23/h2,6,8,13H,3-5,7,9-12H2,1H3,(H,24,27)/t13-/m1/s1. The average Bonchev–Trinajstić information content (AvgIpc) is 2.75. The number of nitrogens with one attached hydrogen (secondary N) is 1. The van der Waals surface area contributed by atoms with Crippen LogP contribution < -0.4 is 10.2 Å². The van der Waals surface area contributed by atoms with E-state index in [2.05, 4.69) is 0 Å². The summed E-state index contributed by atoms with van der Waals surface area (Å²) in [5, 5.41) is 1.91. The number of anilines is 1. The van der Waals surface area contributed by atoms with Crippen molar-refractivity contribution in [2.24, 2.45) is 5.92 Å². The maximum absolute atomic E-state index is 13.2. The maximum atomic E-state index is 13.2. The Kier molecular flexibility index (Phi) is 6.52. The molecule has 0 unspecified atom stereocenters. The van der Waals surface area contributed by atoms with Gasteiger partial charge in [-0.1, -0.05) is 6.07 Å². The number of alkyl halides is 3. The number of piperidine rings is 1. The monoisotopic (exact) mass is 427 g/mol. The second-order valence-electron chi connectivity index (χ2n) is 7.45. The van der Waals surface area contributed by atoms with Crippen LogP contribution in [0.15, 0.2) is 18.2 Å². The van der Waals surface area contributed by atoms with E-state index in [0.717, 1.165) is 5.56 Å². The number of fused-ring (bicyclic) bond motifs is 1. The molecule has 1 aromatic carbocycles. The van der Waals surface area contributed by atoms with E-state index in [1.165, 1.54) is 12.0 Å². The van der Waals surface area contributed by atoms with Crippen molar-refractivity contribution in [1.29, 1.82) is 0 Å². The van der Waals surface area contributed by atoms with Gasteiger partial charge in [0.1, 0.15) is 6.54 Å². The summed E-state index contributed by atoms with van der Waals surface area (Å²) >= 11 is 0. The third-order valence-corrected chi connectivity index (χ3v) is 5.41. The van der Waals surface area contributed by atoms with Crippen molar-refractivity contribution in [3.05, 3.63) is 29.3 Å². The predicted molar refractivity (Wildman–Crippen MR) is 102 cm³/mol. The molecular formula is C20H24F3N3O4. The Morgan fingerprint density at radius 1 is 1.20 bits per heavy atom. The minimum Gasteiger partial charge on any atom is -0.465 e. The Balaban J connectivity index is 1.73.